The van der Waals surface area contributed by atoms with Crippen LogP contribution in [0.2, 0.25) is 10.0 Å². The van der Waals surface area contributed by atoms with Gasteiger partial charge in [-0.2, -0.15) is 9.97 Å². The summed E-state index contributed by atoms with van der Waals surface area (Å²) < 4.78 is -1.77. The van der Waals surface area contributed by atoms with Gasteiger partial charge in [0.2, 0.25) is 9.74 Å². The molecule has 2 aromatic rings. The van der Waals surface area contributed by atoms with Crippen LogP contribution < -0.4 is 5.32 Å². The molecule has 0 amide bonds. The molecule has 10 heteroatoms. The van der Waals surface area contributed by atoms with Crippen LogP contribution in [0.1, 0.15) is 18.7 Å². The van der Waals surface area contributed by atoms with Crippen LogP contribution in [0.15, 0.2) is 18.2 Å². The second kappa shape index (κ2) is 8.63. The fourth-order valence-corrected chi connectivity index (χ4v) is 3.51. The molecule has 5 nitrogen and oxygen atoms in total. The summed E-state index contributed by atoms with van der Waals surface area (Å²) in [7, 11) is 0. The molecule has 3 rings (SSSR count). The van der Waals surface area contributed by atoms with Crippen LogP contribution in [0.25, 0.3) is 11.4 Å². The Morgan fingerprint density at radius 1 is 0.962 bits per heavy atom. The monoisotopic (exact) mass is 453 g/mol. The maximum absolute atomic E-state index is 6.07. The van der Waals surface area contributed by atoms with Gasteiger partial charge in [0.05, 0.1) is 0 Å². The van der Waals surface area contributed by atoms with Crippen molar-refractivity contribution in [1.29, 1.82) is 0 Å². The lowest BCUT2D eigenvalue weighted by Crippen LogP contribution is -2.26. The molecule has 1 N–H and O–H groups in total. The molecule has 1 aromatic carbocycles. The third-order valence-electron chi connectivity index (χ3n) is 3.92. The molecule has 0 bridgehead atoms. The van der Waals surface area contributed by atoms with Crippen molar-refractivity contribution in [2.75, 3.05) is 31.5 Å². The van der Waals surface area contributed by atoms with Crippen molar-refractivity contribution in [2.45, 2.75) is 16.6 Å². The van der Waals surface area contributed by atoms with Gasteiger partial charge in [-0.3, -0.25) is 0 Å². The van der Waals surface area contributed by atoms with E-state index in [4.69, 9.17) is 58.0 Å². The van der Waals surface area contributed by atoms with E-state index in [0.717, 1.165) is 19.6 Å². The Morgan fingerprint density at radius 2 is 1.62 bits per heavy atom. The number of hydrogen-bond acceptors (Lipinski definition) is 5. The maximum Gasteiger partial charge on any atom is 0.250 e. The summed E-state index contributed by atoms with van der Waals surface area (Å²) in [5, 5.41) is 4.11. The van der Waals surface area contributed by atoms with E-state index in [9.17, 15) is 0 Å². The fourth-order valence-electron chi connectivity index (χ4n) is 2.73. The molecule has 1 fully saturated rings. The SMILES string of the molecule is Clc1cc(Cl)cc(-c2nc(NCCN3CCCC3)nc(C(Cl)(Cl)Cl)n2)c1. The van der Waals surface area contributed by atoms with Gasteiger partial charge in [-0.15, -0.1) is 0 Å². The van der Waals surface area contributed by atoms with Crippen molar-refractivity contribution in [3.8, 4) is 11.4 Å². The van der Waals surface area contributed by atoms with Crippen molar-refractivity contribution < 1.29 is 0 Å². The molecule has 0 aliphatic carbocycles. The third kappa shape index (κ3) is 5.47. The van der Waals surface area contributed by atoms with E-state index in [-0.39, 0.29) is 5.82 Å². The first-order chi connectivity index (χ1) is 12.3. The summed E-state index contributed by atoms with van der Waals surface area (Å²) >= 11 is 30.1. The number of rotatable bonds is 5. The van der Waals surface area contributed by atoms with Crippen molar-refractivity contribution in [3.63, 3.8) is 0 Å². The molecule has 0 spiro atoms. The lowest BCUT2D eigenvalue weighted by Gasteiger charge is -2.16. The van der Waals surface area contributed by atoms with Crippen molar-refractivity contribution >= 4 is 64.0 Å². The Labute approximate surface area is 177 Å². The zero-order valence-electron chi connectivity index (χ0n) is 13.7. The number of benzene rings is 1. The molecule has 2 heterocycles. The molecule has 1 aliphatic heterocycles. The Morgan fingerprint density at radius 3 is 2.23 bits per heavy atom. The normalized spacial score (nSPS) is 15.4. The van der Waals surface area contributed by atoms with Gasteiger partial charge >= 0.3 is 0 Å². The fraction of sp³-hybridized carbons (Fsp3) is 0.438. The predicted molar refractivity (Wildman–Crippen MR) is 109 cm³/mol. The Kier molecular flexibility index (Phi) is 6.70. The number of alkyl halides is 3. The summed E-state index contributed by atoms with van der Waals surface area (Å²) in [5.74, 6) is 0.702. The van der Waals surface area contributed by atoms with Gasteiger partial charge in [0.1, 0.15) is 0 Å². The number of likely N-dealkylation sites (tertiary alicyclic amines) is 1. The van der Waals surface area contributed by atoms with Crippen LogP contribution in [0.5, 0.6) is 0 Å². The molecule has 0 unspecified atom stereocenters. The smallest absolute Gasteiger partial charge is 0.250 e. The Balaban J connectivity index is 1.86. The molecule has 0 atom stereocenters. The number of nitrogens with one attached hydrogen (secondary N) is 1. The second-order valence-corrected chi connectivity index (χ2v) is 9.09. The first kappa shape index (κ1) is 20.2. The minimum atomic E-state index is -1.77. The minimum Gasteiger partial charge on any atom is -0.353 e. The van der Waals surface area contributed by atoms with Crippen LogP contribution >= 0.6 is 58.0 Å². The van der Waals surface area contributed by atoms with Gasteiger partial charge in [-0.05, 0) is 44.1 Å². The van der Waals surface area contributed by atoms with E-state index in [0.29, 0.717) is 33.9 Å². The van der Waals surface area contributed by atoms with Crippen LogP contribution in [-0.4, -0.2) is 46.0 Å². The highest BCUT2D eigenvalue weighted by atomic mass is 35.6. The van der Waals surface area contributed by atoms with Crippen molar-refractivity contribution in [3.05, 3.63) is 34.1 Å². The lowest BCUT2D eigenvalue weighted by atomic mass is 10.2. The van der Waals surface area contributed by atoms with Crippen LogP contribution in [0.3, 0.4) is 0 Å². The lowest BCUT2D eigenvalue weighted by molar-refractivity contribution is 0.352. The highest BCUT2D eigenvalue weighted by molar-refractivity contribution is 6.66. The third-order valence-corrected chi connectivity index (χ3v) is 4.86. The number of aromatic nitrogens is 3. The van der Waals surface area contributed by atoms with Gasteiger partial charge in [0, 0.05) is 28.7 Å². The zero-order valence-corrected chi connectivity index (χ0v) is 17.4. The summed E-state index contributed by atoms with van der Waals surface area (Å²) in [6.45, 7) is 3.81. The molecule has 1 aromatic heterocycles. The first-order valence-electron chi connectivity index (χ1n) is 8.07. The molecule has 1 saturated heterocycles. The van der Waals surface area contributed by atoms with Gasteiger partial charge in [0.15, 0.2) is 11.6 Å². The molecule has 140 valence electrons. The molecule has 1 aliphatic rings. The van der Waals surface area contributed by atoms with Gasteiger partial charge < -0.3 is 10.2 Å². The van der Waals surface area contributed by atoms with Gasteiger partial charge in [-0.1, -0.05) is 58.0 Å². The quantitative estimate of drug-likeness (QED) is 0.630. The summed E-state index contributed by atoms with van der Waals surface area (Å²) in [5.41, 5.74) is 0.614. The number of halogens is 5. The summed E-state index contributed by atoms with van der Waals surface area (Å²) in [4.78, 5) is 15.3. The van der Waals surface area contributed by atoms with E-state index in [2.05, 4.69) is 25.2 Å². The predicted octanol–water partition coefficient (Wildman–Crippen LogP) is 5.18. The first-order valence-corrected chi connectivity index (χ1v) is 9.96. The van der Waals surface area contributed by atoms with E-state index in [1.807, 2.05) is 0 Å². The van der Waals surface area contributed by atoms with E-state index >= 15 is 0 Å². The van der Waals surface area contributed by atoms with E-state index in [1.54, 1.807) is 18.2 Å². The highest BCUT2D eigenvalue weighted by Crippen LogP contribution is 2.37. The Hall–Kier alpha value is -0.560. The Bertz CT molecular complexity index is 754. The van der Waals surface area contributed by atoms with Gasteiger partial charge in [0.25, 0.3) is 0 Å². The maximum atomic E-state index is 6.07. The minimum absolute atomic E-state index is 0.0345. The average molecular weight is 456 g/mol. The molecule has 26 heavy (non-hydrogen) atoms. The number of hydrogen-bond donors (Lipinski definition) is 1. The highest BCUT2D eigenvalue weighted by Gasteiger charge is 2.28. The average Bonchev–Trinajstić information content (AvgIpc) is 3.06. The van der Waals surface area contributed by atoms with Crippen molar-refractivity contribution in [1.82, 2.24) is 19.9 Å². The van der Waals surface area contributed by atoms with E-state index in [1.165, 1.54) is 12.8 Å². The standard InChI is InChI=1S/C16H16Cl5N5/c17-11-7-10(8-12(18)9-11)13-23-14(16(19,20)21)25-15(24-13)22-3-6-26-4-1-2-5-26/h7-9H,1-6H2,(H,22,23,24,25). The molecular weight excluding hydrogens is 439 g/mol. The topological polar surface area (TPSA) is 53.9 Å². The van der Waals surface area contributed by atoms with Crippen LogP contribution in [0.4, 0.5) is 5.95 Å². The summed E-state index contributed by atoms with van der Waals surface area (Å²) in [6, 6.07) is 5.01. The second-order valence-electron chi connectivity index (χ2n) is 5.94. The van der Waals surface area contributed by atoms with Crippen LogP contribution in [0, 0.1) is 0 Å². The van der Waals surface area contributed by atoms with E-state index < -0.39 is 3.79 Å². The molecule has 0 saturated carbocycles. The number of anilines is 1. The molecular formula is C16H16Cl5N5. The summed E-state index contributed by atoms with van der Waals surface area (Å²) in [6.07, 6.45) is 2.48. The zero-order chi connectivity index (χ0) is 18.7. The van der Waals surface area contributed by atoms with Crippen LogP contribution in [-0.2, 0) is 3.79 Å². The number of nitrogens with zero attached hydrogens (tertiary/aromatic N) is 4. The largest absolute Gasteiger partial charge is 0.353 e. The molecule has 0 radical (unpaired) electrons. The van der Waals surface area contributed by atoms with Crippen molar-refractivity contribution in [2.24, 2.45) is 0 Å². The van der Waals surface area contributed by atoms with Gasteiger partial charge in [-0.25, -0.2) is 4.98 Å².